The molecule has 8 heteroatoms. The molecule has 36 heavy (non-hydrogen) atoms. The second-order valence-electron chi connectivity index (χ2n) is 10.8. The van der Waals surface area contributed by atoms with E-state index in [-0.39, 0.29) is 29.2 Å². The van der Waals surface area contributed by atoms with E-state index in [1.807, 2.05) is 16.8 Å². The number of rotatable bonds is 7. The van der Waals surface area contributed by atoms with Crippen LogP contribution in [0.1, 0.15) is 49.8 Å². The number of pyridine rings is 1. The van der Waals surface area contributed by atoms with Crippen LogP contribution >= 0.6 is 0 Å². The highest BCUT2D eigenvalue weighted by atomic mass is 16.1. The number of carbonyl (C=O) groups is 2. The zero-order chi connectivity index (χ0) is 25.2. The predicted octanol–water partition coefficient (Wildman–Crippen LogP) is 4.09. The number of nitrogens with zero attached hydrogens (tertiary/aromatic N) is 4. The lowest BCUT2D eigenvalue weighted by Gasteiger charge is -2.24. The third kappa shape index (κ3) is 3.23. The fraction of sp³-hybridized carbons (Fsp3) is 0.393. The minimum absolute atomic E-state index is 0.114. The van der Waals surface area contributed by atoms with E-state index in [1.165, 1.54) is 6.33 Å². The minimum atomic E-state index is -0.388. The number of hydrogen-bond acceptors (Lipinski definition) is 7. The first-order valence-electron chi connectivity index (χ1n) is 12.5. The van der Waals surface area contributed by atoms with Crippen LogP contribution in [0.25, 0.3) is 21.9 Å². The summed E-state index contributed by atoms with van der Waals surface area (Å²) in [6, 6.07) is 10.2. The second kappa shape index (κ2) is 8.11. The van der Waals surface area contributed by atoms with Crippen molar-refractivity contribution in [3.8, 4) is 0 Å². The number of aryl methyl sites for hydroxylation is 1. The summed E-state index contributed by atoms with van der Waals surface area (Å²) in [6.07, 6.45) is 7.90. The summed E-state index contributed by atoms with van der Waals surface area (Å²) in [6.45, 7) is 4.23. The smallest absolute Gasteiger partial charge is 0.145 e. The van der Waals surface area contributed by atoms with Gasteiger partial charge in [-0.05, 0) is 65.8 Å². The molecule has 5 atom stereocenters. The molecule has 2 aliphatic carbocycles. The fourth-order valence-corrected chi connectivity index (χ4v) is 6.75. The SMILES string of the molecule is CC(C)c1cc2ccc(CC[C@@]34C[C@@H]3[C@@H](n3ccc5c(N)ncnc53)[C@@H](C=O)[C@H]4C=O)cc2nc1N. The van der Waals surface area contributed by atoms with Crippen molar-refractivity contribution in [3.05, 3.63) is 54.0 Å². The zero-order valence-electron chi connectivity index (χ0n) is 20.5. The van der Waals surface area contributed by atoms with E-state index in [4.69, 9.17) is 11.5 Å². The van der Waals surface area contributed by atoms with Gasteiger partial charge in [-0.3, -0.25) is 0 Å². The quantitative estimate of drug-likeness (QED) is 0.379. The predicted molar refractivity (Wildman–Crippen MR) is 139 cm³/mol. The molecule has 0 spiro atoms. The van der Waals surface area contributed by atoms with E-state index in [2.05, 4.69) is 53.1 Å². The Kier molecular flexibility index (Phi) is 5.10. The van der Waals surface area contributed by atoms with Gasteiger partial charge >= 0.3 is 0 Å². The molecular weight excluding hydrogens is 452 g/mol. The van der Waals surface area contributed by atoms with E-state index >= 15 is 0 Å². The topological polar surface area (TPSA) is 130 Å². The molecule has 0 unspecified atom stereocenters. The van der Waals surface area contributed by atoms with Crippen molar-refractivity contribution in [2.75, 3.05) is 11.5 Å². The first-order chi connectivity index (χ1) is 17.4. The summed E-state index contributed by atoms with van der Waals surface area (Å²) in [5.41, 5.74) is 15.9. The average molecular weight is 483 g/mol. The molecule has 3 aromatic heterocycles. The lowest BCUT2D eigenvalue weighted by molar-refractivity contribution is -0.121. The number of nitrogen functional groups attached to an aromatic ring is 2. The summed E-state index contributed by atoms with van der Waals surface area (Å²) in [5, 5.41) is 1.85. The standard InChI is InChI=1S/C28H30N6O2/c1-15(2)19-10-17-4-3-16(9-23(17)33-26(19)30)5-7-28-11-21(28)24(20(12-35)22(28)13-36)34-8-6-18-25(29)31-14-32-27(18)34/h3-4,6,8-10,12-15,20-22,24H,5,7,11H2,1-2H3,(H2,30,33)(H2,29,31,32)/t20-,21+,22+,24-,28+/m0/s1. The molecule has 4 aromatic rings. The second-order valence-corrected chi connectivity index (χ2v) is 10.8. The van der Waals surface area contributed by atoms with Gasteiger partial charge in [-0.1, -0.05) is 26.0 Å². The van der Waals surface area contributed by atoms with Crippen LogP contribution in [-0.2, 0) is 16.0 Å². The summed E-state index contributed by atoms with van der Waals surface area (Å²) in [4.78, 5) is 37.8. The van der Waals surface area contributed by atoms with Gasteiger partial charge in [-0.25, -0.2) is 15.0 Å². The Morgan fingerprint density at radius 3 is 2.69 bits per heavy atom. The number of carbonyl (C=O) groups excluding carboxylic acids is 2. The third-order valence-electron chi connectivity index (χ3n) is 8.67. The van der Waals surface area contributed by atoms with Crippen molar-refractivity contribution in [3.63, 3.8) is 0 Å². The molecule has 0 bridgehead atoms. The molecule has 184 valence electrons. The van der Waals surface area contributed by atoms with Crippen LogP contribution < -0.4 is 11.5 Å². The monoisotopic (exact) mass is 482 g/mol. The number of anilines is 2. The number of aromatic nitrogens is 4. The molecule has 0 radical (unpaired) electrons. The maximum atomic E-state index is 12.3. The van der Waals surface area contributed by atoms with Crippen LogP contribution in [-0.4, -0.2) is 32.1 Å². The lowest BCUT2D eigenvalue weighted by Crippen LogP contribution is -2.27. The number of aldehydes is 2. The Bertz CT molecular complexity index is 1510. The first-order valence-corrected chi connectivity index (χ1v) is 12.5. The van der Waals surface area contributed by atoms with E-state index in [0.29, 0.717) is 23.2 Å². The normalized spacial score (nSPS) is 27.0. The van der Waals surface area contributed by atoms with Crippen molar-refractivity contribution >= 4 is 46.1 Å². The highest BCUT2D eigenvalue weighted by molar-refractivity contribution is 5.86. The maximum absolute atomic E-state index is 12.3. The molecule has 6 rings (SSSR count). The summed E-state index contributed by atoms with van der Waals surface area (Å²) in [7, 11) is 0. The first kappa shape index (κ1) is 22.6. The van der Waals surface area contributed by atoms with Gasteiger partial charge in [0.25, 0.3) is 0 Å². The Morgan fingerprint density at radius 2 is 1.94 bits per heavy atom. The summed E-state index contributed by atoms with van der Waals surface area (Å²) >= 11 is 0. The molecule has 0 amide bonds. The van der Waals surface area contributed by atoms with Gasteiger partial charge in [-0.15, -0.1) is 0 Å². The van der Waals surface area contributed by atoms with Crippen molar-refractivity contribution in [2.45, 2.75) is 45.1 Å². The highest BCUT2D eigenvalue weighted by Gasteiger charge is 2.70. The Balaban J connectivity index is 1.29. The van der Waals surface area contributed by atoms with Crippen molar-refractivity contribution < 1.29 is 9.59 Å². The maximum Gasteiger partial charge on any atom is 0.145 e. The lowest BCUT2D eigenvalue weighted by atomic mass is 9.81. The Morgan fingerprint density at radius 1 is 1.11 bits per heavy atom. The largest absolute Gasteiger partial charge is 0.383 e. The molecule has 2 saturated carbocycles. The molecule has 2 fully saturated rings. The Hall–Kier alpha value is -3.81. The highest BCUT2D eigenvalue weighted by Crippen LogP contribution is 2.73. The molecule has 0 saturated heterocycles. The van der Waals surface area contributed by atoms with Gasteiger partial charge < -0.3 is 25.6 Å². The van der Waals surface area contributed by atoms with Crippen LogP contribution in [0.15, 0.2) is 42.9 Å². The van der Waals surface area contributed by atoms with Crippen LogP contribution in [0.5, 0.6) is 0 Å². The van der Waals surface area contributed by atoms with Gasteiger partial charge in [0.2, 0.25) is 0 Å². The Labute approximate surface area is 209 Å². The van der Waals surface area contributed by atoms with Gasteiger partial charge in [0.15, 0.2) is 0 Å². The van der Waals surface area contributed by atoms with E-state index in [1.54, 1.807) is 0 Å². The summed E-state index contributed by atoms with van der Waals surface area (Å²) < 4.78 is 2.04. The molecule has 0 aliphatic heterocycles. The van der Waals surface area contributed by atoms with Crippen molar-refractivity contribution in [1.82, 2.24) is 19.5 Å². The number of fused-ring (bicyclic) bond motifs is 3. The summed E-state index contributed by atoms with van der Waals surface area (Å²) in [5.74, 6) is 0.837. The third-order valence-corrected chi connectivity index (χ3v) is 8.67. The number of nitrogens with two attached hydrogens (primary N) is 2. The number of benzene rings is 1. The van der Waals surface area contributed by atoms with Crippen LogP contribution in [0, 0.1) is 23.2 Å². The molecule has 1 aromatic carbocycles. The van der Waals surface area contributed by atoms with E-state index in [9.17, 15) is 9.59 Å². The van der Waals surface area contributed by atoms with Gasteiger partial charge in [-0.2, -0.15) is 0 Å². The van der Waals surface area contributed by atoms with E-state index < -0.39 is 0 Å². The molecule has 8 nitrogen and oxygen atoms in total. The number of hydrogen-bond donors (Lipinski definition) is 2. The zero-order valence-corrected chi connectivity index (χ0v) is 20.5. The van der Waals surface area contributed by atoms with Gasteiger partial charge in [0, 0.05) is 29.5 Å². The minimum Gasteiger partial charge on any atom is -0.383 e. The van der Waals surface area contributed by atoms with Gasteiger partial charge in [0.1, 0.15) is 36.2 Å². The van der Waals surface area contributed by atoms with E-state index in [0.717, 1.165) is 59.3 Å². The van der Waals surface area contributed by atoms with Gasteiger partial charge in [0.05, 0.1) is 10.9 Å². The van der Waals surface area contributed by atoms with Crippen LogP contribution in [0.4, 0.5) is 11.6 Å². The molecule has 4 N–H and O–H groups in total. The average Bonchev–Trinajstić information content (AvgIpc) is 3.30. The fourth-order valence-electron chi connectivity index (χ4n) is 6.75. The van der Waals surface area contributed by atoms with Crippen molar-refractivity contribution in [2.24, 2.45) is 23.2 Å². The van der Waals surface area contributed by atoms with Crippen LogP contribution in [0.3, 0.4) is 0 Å². The molecule has 2 aliphatic rings. The molecular formula is C28H30N6O2. The van der Waals surface area contributed by atoms with Crippen molar-refractivity contribution in [1.29, 1.82) is 0 Å². The molecule has 3 heterocycles. The van der Waals surface area contributed by atoms with Crippen LogP contribution in [0.2, 0.25) is 0 Å².